The molecule has 18 heavy (non-hydrogen) atoms. The minimum Gasteiger partial charge on any atom is -0.375 e. The minimum absolute atomic E-state index is 0.102. The Kier molecular flexibility index (Phi) is 6.69. The Morgan fingerprint density at radius 1 is 1.33 bits per heavy atom. The van der Waals surface area contributed by atoms with Gasteiger partial charge in [0.25, 0.3) is 0 Å². The van der Waals surface area contributed by atoms with Crippen LogP contribution in [-0.2, 0) is 4.74 Å². The average Bonchev–Trinajstić information content (AvgIpc) is 2.38. The molecule has 1 aromatic rings. The summed E-state index contributed by atoms with van der Waals surface area (Å²) in [5.41, 5.74) is 2.45. The predicted octanol–water partition coefficient (Wildman–Crippen LogP) is 3.71. The molecular weight excluding hydrogens is 222 g/mol. The first kappa shape index (κ1) is 14.9. The van der Waals surface area contributed by atoms with Gasteiger partial charge >= 0.3 is 0 Å². The third kappa shape index (κ3) is 4.63. The molecular formula is C16H25NO. The van der Waals surface area contributed by atoms with E-state index < -0.39 is 0 Å². The van der Waals surface area contributed by atoms with Crippen LogP contribution < -0.4 is 5.32 Å². The molecule has 0 aliphatic rings. The summed E-state index contributed by atoms with van der Waals surface area (Å²) < 4.78 is 5.69. The fourth-order valence-electron chi connectivity index (χ4n) is 2.20. The standard InChI is InChI=1S/C16H25NO/c1-5-17-15(12-11-13(2)3)16(18-4)14-9-7-6-8-10-14/h6-10,15-17H,2,5,11-12H2,1,3-4H3. The number of benzene rings is 1. The number of ether oxygens (including phenoxy) is 1. The van der Waals surface area contributed by atoms with Gasteiger partial charge in [0, 0.05) is 13.2 Å². The van der Waals surface area contributed by atoms with Gasteiger partial charge in [-0.15, -0.1) is 6.58 Å². The van der Waals surface area contributed by atoms with Crippen molar-refractivity contribution in [3.8, 4) is 0 Å². The maximum Gasteiger partial charge on any atom is 0.0974 e. The van der Waals surface area contributed by atoms with E-state index in [0.717, 1.165) is 19.4 Å². The first-order chi connectivity index (χ1) is 8.69. The first-order valence-corrected chi connectivity index (χ1v) is 6.64. The van der Waals surface area contributed by atoms with E-state index in [-0.39, 0.29) is 6.10 Å². The van der Waals surface area contributed by atoms with Crippen molar-refractivity contribution in [1.82, 2.24) is 5.32 Å². The van der Waals surface area contributed by atoms with Crippen LogP contribution in [0.25, 0.3) is 0 Å². The van der Waals surface area contributed by atoms with E-state index in [0.29, 0.717) is 6.04 Å². The first-order valence-electron chi connectivity index (χ1n) is 6.64. The van der Waals surface area contributed by atoms with Crippen LogP contribution in [-0.4, -0.2) is 19.7 Å². The summed E-state index contributed by atoms with van der Waals surface area (Å²) in [5, 5.41) is 3.52. The number of likely N-dealkylation sites (N-methyl/N-ethyl adjacent to an activating group) is 1. The molecule has 0 bridgehead atoms. The second kappa shape index (κ2) is 8.06. The minimum atomic E-state index is 0.102. The van der Waals surface area contributed by atoms with Gasteiger partial charge in [-0.05, 0) is 31.9 Å². The van der Waals surface area contributed by atoms with Crippen molar-refractivity contribution in [3.05, 3.63) is 48.0 Å². The van der Waals surface area contributed by atoms with Gasteiger partial charge in [0.15, 0.2) is 0 Å². The number of hydrogen-bond donors (Lipinski definition) is 1. The summed E-state index contributed by atoms with van der Waals surface area (Å²) in [6.07, 6.45) is 2.19. The second-order valence-electron chi connectivity index (χ2n) is 4.73. The molecule has 0 aliphatic heterocycles. The van der Waals surface area contributed by atoms with Gasteiger partial charge in [-0.1, -0.05) is 42.8 Å². The molecule has 2 heteroatoms. The van der Waals surface area contributed by atoms with Crippen LogP contribution in [0, 0.1) is 0 Å². The molecule has 0 saturated carbocycles. The number of rotatable bonds is 8. The lowest BCUT2D eigenvalue weighted by molar-refractivity contribution is 0.0655. The van der Waals surface area contributed by atoms with Crippen molar-refractivity contribution < 1.29 is 4.74 Å². The van der Waals surface area contributed by atoms with E-state index in [1.165, 1.54) is 11.1 Å². The van der Waals surface area contributed by atoms with E-state index >= 15 is 0 Å². The van der Waals surface area contributed by atoms with Crippen LogP contribution in [0.15, 0.2) is 42.5 Å². The largest absolute Gasteiger partial charge is 0.375 e. The molecule has 100 valence electrons. The Labute approximate surface area is 111 Å². The summed E-state index contributed by atoms with van der Waals surface area (Å²) in [6.45, 7) is 9.14. The Bertz CT molecular complexity index is 347. The van der Waals surface area contributed by atoms with Crippen molar-refractivity contribution in [2.45, 2.75) is 38.8 Å². The fourth-order valence-corrected chi connectivity index (χ4v) is 2.20. The highest BCUT2D eigenvalue weighted by Crippen LogP contribution is 2.24. The van der Waals surface area contributed by atoms with Crippen LogP contribution in [0.3, 0.4) is 0 Å². The number of allylic oxidation sites excluding steroid dienone is 1. The third-order valence-corrected chi connectivity index (χ3v) is 3.10. The molecule has 2 nitrogen and oxygen atoms in total. The normalized spacial score (nSPS) is 14.2. The molecule has 0 spiro atoms. The summed E-state index contributed by atoms with van der Waals surface area (Å²) in [7, 11) is 1.78. The van der Waals surface area contributed by atoms with E-state index in [2.05, 4.69) is 50.0 Å². The predicted molar refractivity (Wildman–Crippen MR) is 77.7 cm³/mol. The van der Waals surface area contributed by atoms with Crippen LogP contribution in [0.4, 0.5) is 0 Å². The molecule has 2 unspecified atom stereocenters. The molecule has 0 amide bonds. The summed E-state index contributed by atoms with van der Waals surface area (Å²) in [6, 6.07) is 10.7. The SMILES string of the molecule is C=C(C)CCC(NCC)C(OC)c1ccccc1. The van der Waals surface area contributed by atoms with E-state index in [4.69, 9.17) is 4.74 Å². The molecule has 1 N–H and O–H groups in total. The molecule has 2 atom stereocenters. The van der Waals surface area contributed by atoms with Gasteiger partial charge in [-0.25, -0.2) is 0 Å². The molecule has 0 fully saturated rings. The topological polar surface area (TPSA) is 21.3 Å². The highest BCUT2D eigenvalue weighted by Gasteiger charge is 2.21. The number of methoxy groups -OCH3 is 1. The maximum atomic E-state index is 5.69. The molecule has 0 radical (unpaired) electrons. The van der Waals surface area contributed by atoms with Crippen molar-refractivity contribution in [2.24, 2.45) is 0 Å². The van der Waals surface area contributed by atoms with Gasteiger partial charge < -0.3 is 10.1 Å². The highest BCUT2D eigenvalue weighted by molar-refractivity contribution is 5.19. The van der Waals surface area contributed by atoms with Gasteiger partial charge in [0.05, 0.1) is 6.10 Å². The number of nitrogens with one attached hydrogen (secondary N) is 1. The average molecular weight is 247 g/mol. The molecule has 0 aliphatic carbocycles. The fraction of sp³-hybridized carbons (Fsp3) is 0.500. The van der Waals surface area contributed by atoms with Gasteiger partial charge in [-0.3, -0.25) is 0 Å². The van der Waals surface area contributed by atoms with Gasteiger partial charge in [0.1, 0.15) is 0 Å². The van der Waals surface area contributed by atoms with Crippen LogP contribution in [0.5, 0.6) is 0 Å². The zero-order chi connectivity index (χ0) is 13.4. The van der Waals surface area contributed by atoms with E-state index in [1.54, 1.807) is 7.11 Å². The Hall–Kier alpha value is -1.12. The summed E-state index contributed by atoms with van der Waals surface area (Å²) >= 11 is 0. The van der Waals surface area contributed by atoms with Crippen LogP contribution in [0.2, 0.25) is 0 Å². The third-order valence-electron chi connectivity index (χ3n) is 3.10. The zero-order valence-electron chi connectivity index (χ0n) is 11.8. The maximum absolute atomic E-state index is 5.69. The summed E-state index contributed by atoms with van der Waals surface area (Å²) in [5.74, 6) is 0. The van der Waals surface area contributed by atoms with Crippen molar-refractivity contribution in [2.75, 3.05) is 13.7 Å². The molecule has 1 aromatic carbocycles. The molecule has 0 saturated heterocycles. The van der Waals surface area contributed by atoms with Gasteiger partial charge in [-0.2, -0.15) is 0 Å². The monoisotopic (exact) mass is 247 g/mol. The lowest BCUT2D eigenvalue weighted by Gasteiger charge is -2.27. The molecule has 0 aromatic heterocycles. The lowest BCUT2D eigenvalue weighted by Crippen LogP contribution is -2.35. The smallest absolute Gasteiger partial charge is 0.0974 e. The molecule has 0 heterocycles. The van der Waals surface area contributed by atoms with Crippen LogP contribution >= 0.6 is 0 Å². The summed E-state index contributed by atoms with van der Waals surface area (Å²) in [4.78, 5) is 0. The zero-order valence-corrected chi connectivity index (χ0v) is 11.8. The van der Waals surface area contributed by atoms with Crippen LogP contribution in [0.1, 0.15) is 38.4 Å². The Balaban J connectivity index is 2.77. The molecule has 1 rings (SSSR count). The highest BCUT2D eigenvalue weighted by atomic mass is 16.5. The lowest BCUT2D eigenvalue weighted by atomic mass is 9.96. The van der Waals surface area contributed by atoms with Crippen molar-refractivity contribution >= 4 is 0 Å². The number of hydrogen-bond acceptors (Lipinski definition) is 2. The quantitative estimate of drug-likeness (QED) is 0.707. The van der Waals surface area contributed by atoms with E-state index in [1.807, 2.05) is 6.07 Å². The van der Waals surface area contributed by atoms with Crippen molar-refractivity contribution in [3.63, 3.8) is 0 Å². The van der Waals surface area contributed by atoms with Crippen molar-refractivity contribution in [1.29, 1.82) is 0 Å². The van der Waals surface area contributed by atoms with E-state index in [9.17, 15) is 0 Å². The second-order valence-corrected chi connectivity index (χ2v) is 4.73. The van der Waals surface area contributed by atoms with Gasteiger partial charge in [0.2, 0.25) is 0 Å². The Morgan fingerprint density at radius 2 is 2.00 bits per heavy atom. The Morgan fingerprint density at radius 3 is 2.50 bits per heavy atom.